The van der Waals surface area contributed by atoms with E-state index < -0.39 is 15.6 Å². The molecule has 0 bridgehead atoms. The second-order valence-corrected chi connectivity index (χ2v) is 12.8. The van der Waals surface area contributed by atoms with Crippen LogP contribution in [0.4, 0.5) is 16.6 Å². The third-order valence-corrected chi connectivity index (χ3v) is 8.10. The number of carbonyl (C=O) groups excluding carboxylic acids is 1. The van der Waals surface area contributed by atoms with Crippen molar-refractivity contribution >= 4 is 39.5 Å². The number of nitrogens with zero attached hydrogens (tertiary/aromatic N) is 4. The predicted octanol–water partition coefficient (Wildman–Crippen LogP) is 4.75. The Balaban J connectivity index is 1.21. The number of carbonyl (C=O) groups is 1. The molecule has 1 amide bonds. The number of benzene rings is 1. The fourth-order valence-corrected chi connectivity index (χ4v) is 5.79. The van der Waals surface area contributed by atoms with Crippen LogP contribution < -0.4 is 15.4 Å². The zero-order valence-electron chi connectivity index (χ0n) is 22.7. The molecule has 214 valence electrons. The summed E-state index contributed by atoms with van der Waals surface area (Å²) in [5.41, 5.74) is 1.15. The number of rotatable bonds is 9. The number of anilines is 2. The molecule has 13 heteroatoms. The van der Waals surface area contributed by atoms with Gasteiger partial charge in [0.25, 0.3) is 10.0 Å². The van der Waals surface area contributed by atoms with Crippen LogP contribution in [0.25, 0.3) is 0 Å². The Morgan fingerprint density at radius 1 is 0.975 bits per heavy atom. The third-order valence-electron chi connectivity index (χ3n) is 6.24. The van der Waals surface area contributed by atoms with E-state index in [1.807, 2.05) is 20.8 Å². The molecule has 0 unspecified atom stereocenters. The van der Waals surface area contributed by atoms with Crippen molar-refractivity contribution in [1.82, 2.24) is 25.5 Å². The second-order valence-electron chi connectivity index (χ2n) is 10.7. The van der Waals surface area contributed by atoms with Gasteiger partial charge in [-0.1, -0.05) is 23.7 Å². The number of hydrogen-bond acceptors (Lipinski definition) is 9. The van der Waals surface area contributed by atoms with E-state index in [1.54, 1.807) is 36.7 Å². The minimum atomic E-state index is -3.87. The Labute approximate surface area is 239 Å². The SMILES string of the molecule is CC(C)(C)OC(=O)NC1CCC(Nc2ncc(CCc3ccc(NS(=O)(=O)c4ccccc4Cl)nn3)cn2)CC1. The number of sulfonamides is 1. The van der Waals surface area contributed by atoms with Gasteiger partial charge in [-0.15, -0.1) is 5.10 Å². The Morgan fingerprint density at radius 2 is 1.65 bits per heavy atom. The van der Waals surface area contributed by atoms with Gasteiger partial charge in [0.1, 0.15) is 10.5 Å². The maximum atomic E-state index is 12.6. The number of alkyl carbamates (subject to hydrolysis) is 1. The average molecular weight is 588 g/mol. The molecule has 4 rings (SSSR count). The highest BCUT2D eigenvalue weighted by molar-refractivity contribution is 7.92. The molecule has 11 nitrogen and oxygen atoms in total. The topological polar surface area (TPSA) is 148 Å². The third kappa shape index (κ3) is 8.75. The van der Waals surface area contributed by atoms with Crippen molar-refractivity contribution in [2.24, 2.45) is 0 Å². The second kappa shape index (κ2) is 12.8. The van der Waals surface area contributed by atoms with Gasteiger partial charge in [0, 0.05) is 24.5 Å². The molecule has 0 radical (unpaired) electrons. The number of aryl methyl sites for hydroxylation is 2. The molecular formula is C27H34ClN7O4S. The predicted molar refractivity (Wildman–Crippen MR) is 153 cm³/mol. The highest BCUT2D eigenvalue weighted by Crippen LogP contribution is 2.23. The number of ether oxygens (including phenoxy) is 1. The molecule has 1 aliphatic rings. The van der Waals surface area contributed by atoms with E-state index in [1.165, 1.54) is 12.1 Å². The summed E-state index contributed by atoms with van der Waals surface area (Å²) in [5.74, 6) is 0.680. The molecule has 0 saturated heterocycles. The van der Waals surface area contributed by atoms with Crippen LogP contribution in [-0.4, -0.2) is 52.4 Å². The fourth-order valence-electron chi connectivity index (χ4n) is 4.27. The van der Waals surface area contributed by atoms with Crippen LogP contribution in [0.3, 0.4) is 0 Å². The first-order chi connectivity index (χ1) is 19.0. The van der Waals surface area contributed by atoms with Crippen LogP contribution in [0, 0.1) is 0 Å². The lowest BCUT2D eigenvalue weighted by molar-refractivity contribution is 0.0492. The number of amides is 1. The zero-order chi connectivity index (χ0) is 28.8. The Morgan fingerprint density at radius 3 is 2.27 bits per heavy atom. The molecule has 1 aromatic carbocycles. The number of aromatic nitrogens is 4. The molecule has 40 heavy (non-hydrogen) atoms. The first-order valence-electron chi connectivity index (χ1n) is 13.1. The number of halogens is 1. The monoisotopic (exact) mass is 587 g/mol. The van der Waals surface area contributed by atoms with E-state index in [4.69, 9.17) is 16.3 Å². The Kier molecular flexibility index (Phi) is 9.41. The lowest BCUT2D eigenvalue weighted by atomic mass is 9.91. The minimum absolute atomic E-state index is 0.0247. The molecule has 1 aliphatic carbocycles. The first-order valence-corrected chi connectivity index (χ1v) is 15.0. The quantitative estimate of drug-likeness (QED) is 0.322. The lowest BCUT2D eigenvalue weighted by Crippen LogP contribution is -2.42. The van der Waals surface area contributed by atoms with Gasteiger partial charge in [-0.3, -0.25) is 4.72 Å². The van der Waals surface area contributed by atoms with Gasteiger partial charge in [-0.25, -0.2) is 23.2 Å². The van der Waals surface area contributed by atoms with Crippen molar-refractivity contribution in [2.75, 3.05) is 10.0 Å². The fraction of sp³-hybridized carbons (Fsp3) is 0.444. The van der Waals surface area contributed by atoms with E-state index in [0.29, 0.717) is 24.5 Å². The summed E-state index contributed by atoms with van der Waals surface area (Å²) in [6.07, 6.45) is 7.95. The maximum absolute atomic E-state index is 12.6. The number of nitrogens with one attached hydrogen (secondary N) is 3. The molecular weight excluding hydrogens is 554 g/mol. The standard InChI is InChI=1S/C27H34ClN7O4S/c1-27(2,3)39-26(36)32-20-12-10-19(11-13-20)31-25-29-16-18(17-30-25)8-9-21-14-15-24(34-33-21)35-40(37,38)23-7-5-4-6-22(23)28/h4-7,14-17,19-20H,8-13H2,1-3H3,(H,32,36)(H,34,35)(H,29,30,31). The Bertz CT molecular complexity index is 1390. The zero-order valence-corrected chi connectivity index (χ0v) is 24.3. The van der Waals surface area contributed by atoms with Crippen molar-refractivity contribution < 1.29 is 17.9 Å². The van der Waals surface area contributed by atoms with Gasteiger partial charge >= 0.3 is 6.09 Å². The molecule has 0 atom stereocenters. The molecule has 2 heterocycles. The van der Waals surface area contributed by atoms with Gasteiger partial charge in [0.15, 0.2) is 5.82 Å². The summed E-state index contributed by atoms with van der Waals surface area (Å²) in [6, 6.07) is 9.83. The molecule has 3 aromatic rings. The van der Waals surface area contributed by atoms with Gasteiger partial charge in [-0.05, 0) is 89.1 Å². The molecule has 1 saturated carbocycles. The van der Waals surface area contributed by atoms with Crippen LogP contribution >= 0.6 is 11.6 Å². The van der Waals surface area contributed by atoms with Gasteiger partial charge in [0.05, 0.1) is 10.7 Å². The summed E-state index contributed by atoms with van der Waals surface area (Å²) in [7, 11) is -3.87. The van der Waals surface area contributed by atoms with Crippen molar-refractivity contribution in [1.29, 1.82) is 0 Å². The number of hydrogen-bond donors (Lipinski definition) is 3. The maximum Gasteiger partial charge on any atom is 0.407 e. The largest absolute Gasteiger partial charge is 0.444 e. The van der Waals surface area contributed by atoms with Gasteiger partial charge in [0.2, 0.25) is 5.95 Å². The van der Waals surface area contributed by atoms with Crippen LogP contribution in [0.1, 0.15) is 57.7 Å². The van der Waals surface area contributed by atoms with Crippen LogP contribution in [0.2, 0.25) is 5.02 Å². The van der Waals surface area contributed by atoms with E-state index in [0.717, 1.165) is 31.2 Å². The summed E-state index contributed by atoms with van der Waals surface area (Å²) >= 11 is 6.01. The molecule has 0 aliphatic heterocycles. The summed E-state index contributed by atoms with van der Waals surface area (Å²) in [5, 5.41) is 14.6. The molecule has 3 N–H and O–H groups in total. The normalized spacial score (nSPS) is 17.6. The van der Waals surface area contributed by atoms with Gasteiger partial charge in [-0.2, -0.15) is 5.10 Å². The van der Waals surface area contributed by atoms with Crippen molar-refractivity contribution in [2.45, 2.75) is 81.9 Å². The summed E-state index contributed by atoms with van der Waals surface area (Å²) in [4.78, 5) is 20.9. The lowest BCUT2D eigenvalue weighted by Gasteiger charge is -2.30. The molecule has 0 spiro atoms. The van der Waals surface area contributed by atoms with E-state index in [9.17, 15) is 13.2 Å². The van der Waals surface area contributed by atoms with Crippen LogP contribution in [0.5, 0.6) is 0 Å². The molecule has 1 fully saturated rings. The smallest absolute Gasteiger partial charge is 0.407 e. The molecule has 2 aromatic heterocycles. The van der Waals surface area contributed by atoms with Crippen LogP contribution in [0.15, 0.2) is 53.7 Å². The van der Waals surface area contributed by atoms with Crippen molar-refractivity contribution in [3.05, 3.63) is 65.1 Å². The highest BCUT2D eigenvalue weighted by Gasteiger charge is 2.25. The first kappa shape index (κ1) is 29.5. The summed E-state index contributed by atoms with van der Waals surface area (Å²) in [6.45, 7) is 5.55. The highest BCUT2D eigenvalue weighted by atomic mass is 35.5. The van der Waals surface area contributed by atoms with E-state index in [2.05, 4.69) is 35.5 Å². The van der Waals surface area contributed by atoms with E-state index >= 15 is 0 Å². The van der Waals surface area contributed by atoms with Crippen molar-refractivity contribution in [3.8, 4) is 0 Å². The van der Waals surface area contributed by atoms with Crippen molar-refractivity contribution in [3.63, 3.8) is 0 Å². The minimum Gasteiger partial charge on any atom is -0.444 e. The van der Waals surface area contributed by atoms with Crippen LogP contribution in [-0.2, 0) is 27.6 Å². The Hall–Kier alpha value is -3.51. The summed E-state index contributed by atoms with van der Waals surface area (Å²) < 4.78 is 32.9. The van der Waals surface area contributed by atoms with Gasteiger partial charge < -0.3 is 15.4 Å². The average Bonchev–Trinajstić information content (AvgIpc) is 2.89. The van der Waals surface area contributed by atoms with E-state index in [-0.39, 0.29) is 33.9 Å².